The molecule has 5 rings (SSSR count). The van der Waals surface area contributed by atoms with E-state index >= 15 is 0 Å². The molecule has 0 N–H and O–H groups in total. The lowest BCUT2D eigenvalue weighted by Gasteiger charge is -2.26. The maximum atomic E-state index is 5.38. The van der Waals surface area contributed by atoms with E-state index in [4.69, 9.17) is 9.47 Å². The lowest BCUT2D eigenvalue weighted by Crippen LogP contribution is -2.23. The highest BCUT2D eigenvalue weighted by Gasteiger charge is 2.14. The van der Waals surface area contributed by atoms with Crippen molar-refractivity contribution < 1.29 is 9.47 Å². The van der Waals surface area contributed by atoms with Gasteiger partial charge in [-0.15, -0.1) is 0 Å². The van der Waals surface area contributed by atoms with Crippen LogP contribution >= 0.6 is 0 Å². The van der Waals surface area contributed by atoms with E-state index in [1.54, 1.807) is 14.2 Å². The fraction of sp³-hybridized carbons (Fsp3) is 0.152. The highest BCUT2D eigenvalue weighted by molar-refractivity contribution is 5.77. The van der Waals surface area contributed by atoms with Gasteiger partial charge in [-0.05, 0) is 90.5 Å². The zero-order chi connectivity index (χ0) is 26.9. The van der Waals surface area contributed by atoms with Crippen LogP contribution in [-0.2, 0) is 19.6 Å². The zero-order valence-electron chi connectivity index (χ0n) is 22.3. The first-order chi connectivity index (χ1) is 19.2. The molecule has 0 saturated heterocycles. The molecule has 0 spiro atoms. The number of pyridine rings is 2. The van der Waals surface area contributed by atoms with E-state index in [-0.39, 0.29) is 0 Å². The predicted molar refractivity (Wildman–Crippen MR) is 156 cm³/mol. The summed E-state index contributed by atoms with van der Waals surface area (Å²) < 4.78 is 10.8. The van der Waals surface area contributed by atoms with Gasteiger partial charge in [0, 0.05) is 49.1 Å². The van der Waals surface area contributed by atoms with Gasteiger partial charge < -0.3 is 14.4 Å². The topological polar surface area (TPSA) is 50.7 Å². The molecule has 3 aromatic carbocycles. The summed E-state index contributed by atoms with van der Waals surface area (Å²) in [5, 5.41) is 0. The number of benzene rings is 3. The number of hydrogen-bond donors (Lipinski definition) is 0. The SMILES string of the molecule is COc1ccc(N(c2ccc(CN(Cc3ccccn3)Cc3ccccn3)cc2)c2ccc(OC)cc2)cc1. The average molecular weight is 517 g/mol. The Morgan fingerprint density at radius 1 is 0.513 bits per heavy atom. The number of methoxy groups -OCH3 is 2. The van der Waals surface area contributed by atoms with Gasteiger partial charge in [0.2, 0.25) is 0 Å². The Hall–Kier alpha value is -4.68. The summed E-state index contributed by atoms with van der Waals surface area (Å²) in [6, 6.07) is 37.0. The fourth-order valence-corrected chi connectivity index (χ4v) is 4.53. The smallest absolute Gasteiger partial charge is 0.119 e. The first-order valence-corrected chi connectivity index (χ1v) is 12.9. The molecule has 0 aliphatic carbocycles. The minimum Gasteiger partial charge on any atom is -0.497 e. The molecule has 196 valence electrons. The minimum absolute atomic E-state index is 0.739. The van der Waals surface area contributed by atoms with Crippen molar-refractivity contribution in [2.24, 2.45) is 0 Å². The van der Waals surface area contributed by atoms with Crippen LogP contribution in [0.3, 0.4) is 0 Å². The molecule has 6 heteroatoms. The lowest BCUT2D eigenvalue weighted by molar-refractivity contribution is 0.242. The zero-order valence-corrected chi connectivity index (χ0v) is 22.3. The van der Waals surface area contributed by atoms with E-state index in [1.165, 1.54) is 5.56 Å². The highest BCUT2D eigenvalue weighted by atomic mass is 16.5. The molecule has 2 heterocycles. The number of hydrogen-bond acceptors (Lipinski definition) is 6. The molecule has 0 aliphatic heterocycles. The molecule has 5 aromatic rings. The molecular formula is C33H32N4O2. The standard InChI is InChI=1S/C33H32N4O2/c1-38-32-17-13-30(14-18-32)37(31-15-19-33(39-2)20-16-31)29-11-9-26(10-12-29)23-36(24-27-7-3-5-21-34-27)25-28-8-4-6-22-35-28/h3-22H,23-25H2,1-2H3. The van der Waals surface area contributed by atoms with Crippen LogP contribution in [0.25, 0.3) is 0 Å². The number of anilines is 3. The largest absolute Gasteiger partial charge is 0.497 e. The molecule has 0 radical (unpaired) electrons. The first kappa shape index (κ1) is 25.9. The van der Waals surface area contributed by atoms with Crippen LogP contribution in [0.2, 0.25) is 0 Å². The normalized spacial score (nSPS) is 10.8. The molecule has 0 unspecified atom stereocenters. The molecule has 2 aromatic heterocycles. The van der Waals surface area contributed by atoms with Gasteiger partial charge in [-0.25, -0.2) is 0 Å². The van der Waals surface area contributed by atoms with Crippen LogP contribution in [0.15, 0.2) is 122 Å². The summed E-state index contributed by atoms with van der Waals surface area (Å²) in [4.78, 5) is 13.7. The number of ether oxygens (including phenoxy) is 2. The van der Waals surface area contributed by atoms with Crippen LogP contribution in [0.1, 0.15) is 17.0 Å². The van der Waals surface area contributed by atoms with Crippen molar-refractivity contribution in [2.45, 2.75) is 19.6 Å². The monoisotopic (exact) mass is 516 g/mol. The Morgan fingerprint density at radius 3 is 1.33 bits per heavy atom. The van der Waals surface area contributed by atoms with Gasteiger partial charge in [0.05, 0.1) is 25.6 Å². The summed E-state index contributed by atoms with van der Waals surface area (Å²) >= 11 is 0. The third-order valence-corrected chi connectivity index (χ3v) is 6.49. The van der Waals surface area contributed by atoms with Crippen molar-refractivity contribution in [3.8, 4) is 11.5 Å². The molecule has 0 amide bonds. The third kappa shape index (κ3) is 6.80. The van der Waals surface area contributed by atoms with Gasteiger partial charge in [-0.2, -0.15) is 0 Å². The van der Waals surface area contributed by atoms with Crippen molar-refractivity contribution in [3.05, 3.63) is 139 Å². The van der Waals surface area contributed by atoms with Crippen LogP contribution in [0.4, 0.5) is 17.1 Å². The summed E-state index contributed by atoms with van der Waals surface area (Å²) in [6.07, 6.45) is 3.69. The van der Waals surface area contributed by atoms with Gasteiger partial charge in [0.25, 0.3) is 0 Å². The predicted octanol–water partition coefficient (Wildman–Crippen LogP) is 7.17. The van der Waals surface area contributed by atoms with E-state index in [1.807, 2.05) is 60.9 Å². The maximum absolute atomic E-state index is 5.38. The Morgan fingerprint density at radius 2 is 0.949 bits per heavy atom. The molecule has 0 atom stereocenters. The molecule has 0 aliphatic rings. The molecule has 6 nitrogen and oxygen atoms in total. The highest BCUT2D eigenvalue weighted by Crippen LogP contribution is 2.36. The van der Waals surface area contributed by atoms with Gasteiger partial charge >= 0.3 is 0 Å². The van der Waals surface area contributed by atoms with Gasteiger partial charge in [-0.3, -0.25) is 14.9 Å². The van der Waals surface area contributed by atoms with Crippen molar-refractivity contribution in [1.29, 1.82) is 0 Å². The van der Waals surface area contributed by atoms with E-state index in [2.05, 4.69) is 80.4 Å². The molecule has 0 bridgehead atoms. The van der Waals surface area contributed by atoms with Crippen molar-refractivity contribution in [2.75, 3.05) is 19.1 Å². The fourth-order valence-electron chi connectivity index (χ4n) is 4.53. The summed E-state index contributed by atoms with van der Waals surface area (Å²) in [5.74, 6) is 1.65. The lowest BCUT2D eigenvalue weighted by atomic mass is 10.1. The number of aromatic nitrogens is 2. The first-order valence-electron chi connectivity index (χ1n) is 12.9. The Labute approximate surface area is 230 Å². The molecule has 0 fully saturated rings. The number of nitrogens with zero attached hydrogens (tertiary/aromatic N) is 4. The van der Waals surface area contributed by atoms with Crippen molar-refractivity contribution >= 4 is 17.1 Å². The Kier molecular flexibility index (Phi) is 8.46. The van der Waals surface area contributed by atoms with Crippen molar-refractivity contribution in [3.63, 3.8) is 0 Å². The van der Waals surface area contributed by atoms with E-state index in [0.717, 1.165) is 59.6 Å². The van der Waals surface area contributed by atoms with Crippen LogP contribution in [0, 0.1) is 0 Å². The van der Waals surface area contributed by atoms with Crippen molar-refractivity contribution in [1.82, 2.24) is 14.9 Å². The second-order valence-corrected chi connectivity index (χ2v) is 9.19. The van der Waals surface area contributed by atoms with Crippen LogP contribution in [-0.4, -0.2) is 29.1 Å². The van der Waals surface area contributed by atoms with Gasteiger partial charge in [-0.1, -0.05) is 24.3 Å². The maximum Gasteiger partial charge on any atom is 0.119 e. The van der Waals surface area contributed by atoms with E-state index < -0.39 is 0 Å². The van der Waals surface area contributed by atoms with E-state index in [0.29, 0.717) is 0 Å². The summed E-state index contributed by atoms with van der Waals surface area (Å²) in [7, 11) is 3.36. The Bertz CT molecular complexity index is 1340. The van der Waals surface area contributed by atoms with Gasteiger partial charge in [0.15, 0.2) is 0 Å². The Balaban J connectivity index is 1.41. The van der Waals surface area contributed by atoms with E-state index in [9.17, 15) is 0 Å². The quantitative estimate of drug-likeness (QED) is 0.186. The summed E-state index contributed by atoms with van der Waals surface area (Å²) in [6.45, 7) is 2.25. The number of rotatable bonds is 11. The van der Waals surface area contributed by atoms with Gasteiger partial charge in [0.1, 0.15) is 11.5 Å². The molecule has 0 saturated carbocycles. The third-order valence-electron chi connectivity index (χ3n) is 6.49. The second-order valence-electron chi connectivity index (χ2n) is 9.19. The molecular weight excluding hydrogens is 484 g/mol. The molecule has 39 heavy (non-hydrogen) atoms. The second kappa shape index (κ2) is 12.7. The summed E-state index contributed by atoms with van der Waals surface area (Å²) in [5.41, 5.74) is 6.44. The van der Waals surface area contributed by atoms with Crippen LogP contribution < -0.4 is 14.4 Å². The van der Waals surface area contributed by atoms with Crippen LogP contribution in [0.5, 0.6) is 11.5 Å². The average Bonchev–Trinajstić information content (AvgIpc) is 3.00. The minimum atomic E-state index is 0.739.